The summed E-state index contributed by atoms with van der Waals surface area (Å²) < 4.78 is 14.0. The number of hydrogen-bond donors (Lipinski definition) is 1. The number of para-hydroxylation sites is 1. The lowest BCUT2D eigenvalue weighted by atomic mass is 10.0. The molecule has 7 nitrogen and oxygen atoms in total. The molecule has 0 aliphatic carbocycles. The number of amides is 3. The van der Waals surface area contributed by atoms with E-state index < -0.39 is 17.3 Å². The smallest absolute Gasteiger partial charge is 0.322 e. The third kappa shape index (κ3) is 4.34. The summed E-state index contributed by atoms with van der Waals surface area (Å²) in [6.07, 6.45) is 0. The van der Waals surface area contributed by atoms with Crippen LogP contribution in [-0.4, -0.2) is 47.9 Å². The second kappa shape index (κ2) is 8.36. The first kappa shape index (κ1) is 21.0. The van der Waals surface area contributed by atoms with Crippen LogP contribution in [-0.2, 0) is 9.63 Å². The molecule has 1 aliphatic rings. The summed E-state index contributed by atoms with van der Waals surface area (Å²) in [6, 6.07) is 12.6. The second-order valence-electron chi connectivity index (χ2n) is 7.06. The van der Waals surface area contributed by atoms with E-state index in [0.29, 0.717) is 5.69 Å². The van der Waals surface area contributed by atoms with E-state index in [9.17, 15) is 14.0 Å². The first-order valence-electron chi connectivity index (χ1n) is 8.94. The highest BCUT2D eigenvalue weighted by Crippen LogP contribution is 2.28. The molecular formula is C20H22ClFN4O3. The van der Waals surface area contributed by atoms with Crippen molar-refractivity contribution in [1.29, 1.82) is 0 Å². The van der Waals surface area contributed by atoms with Crippen LogP contribution in [0.5, 0.6) is 0 Å². The van der Waals surface area contributed by atoms with Crippen LogP contribution in [0.1, 0.15) is 13.8 Å². The molecule has 9 heteroatoms. The molecule has 2 aromatic rings. The van der Waals surface area contributed by atoms with E-state index in [1.54, 1.807) is 31.0 Å². The van der Waals surface area contributed by atoms with Crippen LogP contribution < -0.4 is 10.2 Å². The highest BCUT2D eigenvalue weighted by atomic mass is 35.5. The van der Waals surface area contributed by atoms with E-state index in [1.807, 2.05) is 18.2 Å². The molecule has 1 heterocycles. The van der Waals surface area contributed by atoms with Gasteiger partial charge >= 0.3 is 6.03 Å². The van der Waals surface area contributed by atoms with Crippen molar-refractivity contribution in [2.24, 2.45) is 0 Å². The molecule has 0 aromatic heterocycles. The van der Waals surface area contributed by atoms with Crippen molar-refractivity contribution in [2.75, 3.05) is 30.7 Å². The SMILES string of the molecule is CON1CN(c2ccccc2)C(=O)N(C(C)(C)C(=O)Nc2cc(Cl)ccc2F)C1. The lowest BCUT2D eigenvalue weighted by molar-refractivity contribution is -0.171. The topological polar surface area (TPSA) is 65.1 Å². The monoisotopic (exact) mass is 420 g/mol. The Kier molecular flexibility index (Phi) is 6.07. The van der Waals surface area contributed by atoms with Gasteiger partial charge in [0.25, 0.3) is 0 Å². The number of anilines is 2. The molecule has 1 fully saturated rings. The van der Waals surface area contributed by atoms with Crippen LogP contribution in [0, 0.1) is 5.82 Å². The first-order chi connectivity index (χ1) is 13.7. The molecule has 0 bridgehead atoms. The van der Waals surface area contributed by atoms with Crippen molar-refractivity contribution < 1.29 is 18.8 Å². The molecule has 0 atom stereocenters. The Balaban J connectivity index is 1.88. The number of hydroxylamine groups is 2. The lowest BCUT2D eigenvalue weighted by Gasteiger charge is -2.46. The summed E-state index contributed by atoms with van der Waals surface area (Å²) in [7, 11) is 1.49. The predicted octanol–water partition coefficient (Wildman–Crippen LogP) is 3.92. The zero-order valence-electron chi connectivity index (χ0n) is 16.4. The van der Waals surface area contributed by atoms with E-state index in [2.05, 4.69) is 5.32 Å². The lowest BCUT2D eigenvalue weighted by Crippen LogP contribution is -2.66. The standard InChI is InChI=1S/C20H22ClFN4O3/c1-20(2,18(27)23-17-11-14(21)9-10-16(17)22)26-13-24(29-3)12-25(19(26)28)15-7-5-4-6-8-15/h4-11H,12-13H2,1-3H3,(H,23,27). The number of benzene rings is 2. The number of carbonyl (C=O) groups excluding carboxylic acids is 2. The van der Waals surface area contributed by atoms with Gasteiger partial charge in [-0.25, -0.2) is 9.18 Å². The van der Waals surface area contributed by atoms with E-state index in [-0.39, 0.29) is 30.1 Å². The third-order valence-corrected chi connectivity index (χ3v) is 5.03. The van der Waals surface area contributed by atoms with Crippen molar-refractivity contribution in [1.82, 2.24) is 9.96 Å². The van der Waals surface area contributed by atoms with Crippen LogP contribution in [0.25, 0.3) is 0 Å². The Hall–Kier alpha value is -2.68. The number of hydrogen-bond acceptors (Lipinski definition) is 4. The zero-order chi connectivity index (χ0) is 21.2. The molecule has 154 valence electrons. The van der Waals surface area contributed by atoms with Crippen molar-refractivity contribution in [3.8, 4) is 0 Å². The van der Waals surface area contributed by atoms with Crippen LogP contribution in [0.15, 0.2) is 48.5 Å². The fourth-order valence-corrected chi connectivity index (χ4v) is 3.12. The maximum Gasteiger partial charge on any atom is 0.327 e. The quantitative estimate of drug-likeness (QED) is 0.796. The van der Waals surface area contributed by atoms with E-state index in [4.69, 9.17) is 16.4 Å². The maximum atomic E-state index is 14.0. The fraction of sp³-hybridized carbons (Fsp3) is 0.300. The molecule has 3 rings (SSSR count). The predicted molar refractivity (Wildman–Crippen MR) is 109 cm³/mol. The van der Waals surface area contributed by atoms with Gasteiger partial charge < -0.3 is 5.32 Å². The van der Waals surface area contributed by atoms with E-state index in [1.165, 1.54) is 35.1 Å². The molecule has 29 heavy (non-hydrogen) atoms. The van der Waals surface area contributed by atoms with Gasteiger partial charge in [0.1, 0.15) is 24.7 Å². The summed E-state index contributed by atoms with van der Waals surface area (Å²) in [4.78, 5) is 34.4. The fourth-order valence-electron chi connectivity index (χ4n) is 2.95. The van der Waals surface area contributed by atoms with Gasteiger partial charge in [-0.15, -0.1) is 5.06 Å². The van der Waals surface area contributed by atoms with Gasteiger partial charge in [-0.2, -0.15) is 0 Å². The average Bonchev–Trinajstić information content (AvgIpc) is 2.71. The van der Waals surface area contributed by atoms with Gasteiger partial charge in [0, 0.05) is 10.7 Å². The number of nitrogens with one attached hydrogen (secondary N) is 1. The van der Waals surface area contributed by atoms with E-state index in [0.717, 1.165) is 0 Å². The van der Waals surface area contributed by atoms with Gasteiger partial charge in [0.2, 0.25) is 5.91 Å². The molecule has 0 saturated carbocycles. The Bertz CT molecular complexity index is 910. The number of halogens is 2. The van der Waals surface area contributed by atoms with E-state index >= 15 is 0 Å². The van der Waals surface area contributed by atoms with Gasteiger partial charge in [-0.3, -0.25) is 19.4 Å². The van der Waals surface area contributed by atoms with Gasteiger partial charge in [-0.1, -0.05) is 29.8 Å². The Morgan fingerprint density at radius 1 is 1.17 bits per heavy atom. The van der Waals surface area contributed by atoms with Crippen LogP contribution in [0.3, 0.4) is 0 Å². The molecule has 2 aromatic carbocycles. The Labute approximate surface area is 173 Å². The molecular weight excluding hydrogens is 399 g/mol. The summed E-state index contributed by atoms with van der Waals surface area (Å²) >= 11 is 5.90. The average molecular weight is 421 g/mol. The van der Waals surface area contributed by atoms with Gasteiger partial charge in [0.05, 0.1) is 12.8 Å². The summed E-state index contributed by atoms with van der Waals surface area (Å²) in [6.45, 7) is 3.45. The van der Waals surface area contributed by atoms with Crippen molar-refractivity contribution in [2.45, 2.75) is 19.4 Å². The van der Waals surface area contributed by atoms with Crippen LogP contribution in [0.2, 0.25) is 5.02 Å². The summed E-state index contributed by atoms with van der Waals surface area (Å²) in [5.74, 6) is -1.18. The van der Waals surface area contributed by atoms with Gasteiger partial charge in [0.15, 0.2) is 0 Å². The third-order valence-electron chi connectivity index (χ3n) is 4.79. The number of urea groups is 1. The van der Waals surface area contributed by atoms with Crippen molar-refractivity contribution in [3.05, 3.63) is 59.4 Å². The molecule has 0 radical (unpaired) electrons. The summed E-state index contributed by atoms with van der Waals surface area (Å²) in [5.41, 5.74) is -0.694. The molecule has 1 N–H and O–H groups in total. The minimum atomic E-state index is -1.31. The zero-order valence-corrected chi connectivity index (χ0v) is 17.1. The molecule has 1 saturated heterocycles. The normalized spacial score (nSPS) is 15.6. The Morgan fingerprint density at radius 2 is 1.86 bits per heavy atom. The van der Waals surface area contributed by atoms with Crippen molar-refractivity contribution in [3.63, 3.8) is 0 Å². The minimum Gasteiger partial charge on any atom is -0.322 e. The van der Waals surface area contributed by atoms with Gasteiger partial charge in [-0.05, 0) is 44.2 Å². The van der Waals surface area contributed by atoms with Crippen LogP contribution >= 0.6 is 11.6 Å². The summed E-state index contributed by atoms with van der Waals surface area (Å²) in [5, 5.41) is 4.36. The molecule has 1 aliphatic heterocycles. The maximum absolute atomic E-state index is 14.0. The second-order valence-corrected chi connectivity index (χ2v) is 7.50. The van der Waals surface area contributed by atoms with Crippen molar-refractivity contribution >= 4 is 34.9 Å². The molecule has 0 unspecified atom stereocenters. The molecule has 3 amide bonds. The number of nitrogens with zero attached hydrogens (tertiary/aromatic N) is 3. The molecule has 0 spiro atoms. The number of rotatable bonds is 5. The highest BCUT2D eigenvalue weighted by molar-refractivity contribution is 6.30. The first-order valence-corrected chi connectivity index (χ1v) is 9.31. The van der Waals surface area contributed by atoms with Crippen LogP contribution in [0.4, 0.5) is 20.6 Å². The number of carbonyl (C=O) groups is 2. The Morgan fingerprint density at radius 3 is 2.52 bits per heavy atom. The highest BCUT2D eigenvalue weighted by Gasteiger charge is 2.44. The minimum absolute atomic E-state index is 0.0523. The largest absolute Gasteiger partial charge is 0.327 e.